The van der Waals surface area contributed by atoms with Crippen molar-refractivity contribution in [3.05, 3.63) is 89.7 Å². The third-order valence-electron chi connectivity index (χ3n) is 4.12. The molecule has 0 aliphatic carbocycles. The summed E-state index contributed by atoms with van der Waals surface area (Å²) < 4.78 is 10.9. The number of nitrogens with one attached hydrogen (secondary N) is 1. The maximum absolute atomic E-state index is 12.9. The van der Waals surface area contributed by atoms with Gasteiger partial charge in [0.2, 0.25) is 0 Å². The highest BCUT2D eigenvalue weighted by atomic mass is 16.5. The standard InChI is InChI=1S/C22H22N2O3/c1-3-27-20-15-17(12-13-19(20)26-2)22(25)24-21(16-9-5-4-6-10-16)18-11-7-8-14-23-18/h4-15,21H,3H2,1-2H3,(H,24,25). The smallest absolute Gasteiger partial charge is 0.252 e. The number of carbonyl (C=O) groups is 1. The Labute approximate surface area is 159 Å². The van der Waals surface area contributed by atoms with Crippen molar-refractivity contribution in [2.24, 2.45) is 0 Å². The van der Waals surface area contributed by atoms with Gasteiger partial charge >= 0.3 is 0 Å². The second-order valence-corrected chi connectivity index (χ2v) is 5.87. The van der Waals surface area contributed by atoms with Gasteiger partial charge in [0.1, 0.15) is 0 Å². The average Bonchev–Trinajstić information content (AvgIpc) is 2.73. The van der Waals surface area contributed by atoms with Crippen molar-refractivity contribution in [3.63, 3.8) is 0 Å². The van der Waals surface area contributed by atoms with Gasteiger partial charge in [-0.2, -0.15) is 0 Å². The second-order valence-electron chi connectivity index (χ2n) is 5.87. The molecule has 3 rings (SSSR count). The minimum Gasteiger partial charge on any atom is -0.493 e. The minimum absolute atomic E-state index is 0.210. The number of hydrogen-bond donors (Lipinski definition) is 1. The van der Waals surface area contributed by atoms with E-state index in [9.17, 15) is 4.79 Å². The van der Waals surface area contributed by atoms with Crippen LogP contribution >= 0.6 is 0 Å². The van der Waals surface area contributed by atoms with Gasteiger partial charge < -0.3 is 14.8 Å². The first-order valence-electron chi connectivity index (χ1n) is 8.80. The molecule has 5 nitrogen and oxygen atoms in total. The molecule has 0 aliphatic heterocycles. The third kappa shape index (κ3) is 4.44. The Bertz CT molecular complexity index is 843. The van der Waals surface area contributed by atoms with Gasteiger partial charge in [-0.25, -0.2) is 0 Å². The molecule has 3 aromatic rings. The van der Waals surface area contributed by atoms with Crippen molar-refractivity contribution in [3.8, 4) is 11.5 Å². The van der Waals surface area contributed by atoms with Gasteiger partial charge in [0, 0.05) is 11.8 Å². The van der Waals surface area contributed by atoms with Crippen molar-refractivity contribution in [2.45, 2.75) is 13.0 Å². The minimum atomic E-state index is -0.349. The largest absolute Gasteiger partial charge is 0.493 e. The quantitative estimate of drug-likeness (QED) is 0.690. The topological polar surface area (TPSA) is 60.5 Å². The van der Waals surface area contributed by atoms with Crippen LogP contribution in [0.25, 0.3) is 0 Å². The van der Waals surface area contributed by atoms with E-state index >= 15 is 0 Å². The Morgan fingerprint density at radius 2 is 1.81 bits per heavy atom. The van der Waals surface area contributed by atoms with E-state index in [0.29, 0.717) is 23.7 Å². The third-order valence-corrected chi connectivity index (χ3v) is 4.12. The van der Waals surface area contributed by atoms with Crippen molar-refractivity contribution in [1.29, 1.82) is 0 Å². The molecule has 1 aromatic heterocycles. The van der Waals surface area contributed by atoms with Gasteiger partial charge in [-0.15, -0.1) is 0 Å². The van der Waals surface area contributed by atoms with Crippen LogP contribution in [0.5, 0.6) is 11.5 Å². The van der Waals surface area contributed by atoms with Crippen molar-refractivity contribution < 1.29 is 14.3 Å². The van der Waals surface area contributed by atoms with Gasteiger partial charge in [0.05, 0.1) is 25.5 Å². The number of benzene rings is 2. The van der Waals surface area contributed by atoms with Crippen LogP contribution in [0.2, 0.25) is 0 Å². The van der Waals surface area contributed by atoms with Crippen LogP contribution in [0.3, 0.4) is 0 Å². The predicted octanol–water partition coefficient (Wildman–Crippen LogP) is 4.01. The lowest BCUT2D eigenvalue weighted by Crippen LogP contribution is -2.30. The zero-order chi connectivity index (χ0) is 19.1. The highest BCUT2D eigenvalue weighted by Gasteiger charge is 2.19. The Kier molecular flexibility index (Phi) is 6.05. The fourth-order valence-electron chi connectivity index (χ4n) is 2.82. The van der Waals surface area contributed by atoms with E-state index in [0.717, 1.165) is 11.3 Å². The molecule has 1 amide bonds. The fraction of sp³-hybridized carbons (Fsp3) is 0.182. The lowest BCUT2D eigenvalue weighted by Gasteiger charge is -2.19. The van der Waals surface area contributed by atoms with E-state index in [1.54, 1.807) is 31.5 Å². The van der Waals surface area contributed by atoms with Crippen LogP contribution in [0, 0.1) is 0 Å². The summed E-state index contributed by atoms with van der Waals surface area (Å²) in [4.78, 5) is 17.3. The SMILES string of the molecule is CCOc1cc(C(=O)NC(c2ccccc2)c2ccccn2)ccc1OC. The molecule has 0 saturated heterocycles. The Balaban J connectivity index is 1.90. The predicted molar refractivity (Wildman–Crippen MR) is 104 cm³/mol. The molecule has 0 spiro atoms. The Morgan fingerprint density at radius 1 is 1.04 bits per heavy atom. The molecule has 27 heavy (non-hydrogen) atoms. The summed E-state index contributed by atoms with van der Waals surface area (Å²) in [6, 6.07) is 20.2. The fourth-order valence-corrected chi connectivity index (χ4v) is 2.82. The van der Waals surface area contributed by atoms with Crippen LogP contribution in [-0.4, -0.2) is 24.6 Å². The Morgan fingerprint density at radius 3 is 2.48 bits per heavy atom. The molecular formula is C22H22N2O3. The lowest BCUT2D eigenvalue weighted by atomic mass is 10.0. The van der Waals surface area contributed by atoms with Crippen LogP contribution in [0.4, 0.5) is 0 Å². The van der Waals surface area contributed by atoms with Gasteiger partial charge in [0.15, 0.2) is 11.5 Å². The number of pyridine rings is 1. The van der Waals surface area contributed by atoms with E-state index in [-0.39, 0.29) is 11.9 Å². The molecule has 1 heterocycles. The van der Waals surface area contributed by atoms with E-state index < -0.39 is 0 Å². The maximum atomic E-state index is 12.9. The second kappa shape index (κ2) is 8.85. The molecule has 5 heteroatoms. The summed E-state index contributed by atoms with van der Waals surface area (Å²) in [5, 5.41) is 3.07. The lowest BCUT2D eigenvalue weighted by molar-refractivity contribution is 0.0941. The van der Waals surface area contributed by atoms with E-state index in [1.165, 1.54) is 0 Å². The molecule has 138 valence electrons. The number of hydrogen-bond acceptors (Lipinski definition) is 4. The van der Waals surface area contributed by atoms with Gasteiger partial charge in [0.25, 0.3) is 5.91 Å². The van der Waals surface area contributed by atoms with E-state index in [1.807, 2.05) is 55.5 Å². The number of rotatable bonds is 7. The molecule has 0 fully saturated rings. The monoisotopic (exact) mass is 362 g/mol. The average molecular weight is 362 g/mol. The molecule has 0 saturated carbocycles. The number of ether oxygens (including phenoxy) is 2. The first-order valence-corrected chi connectivity index (χ1v) is 8.80. The highest BCUT2D eigenvalue weighted by molar-refractivity contribution is 5.95. The summed E-state index contributed by atoms with van der Waals surface area (Å²) in [6.07, 6.45) is 1.72. The molecule has 1 atom stereocenters. The normalized spacial score (nSPS) is 11.5. The number of carbonyl (C=O) groups excluding carboxylic acids is 1. The molecule has 0 aliphatic rings. The number of amides is 1. The maximum Gasteiger partial charge on any atom is 0.252 e. The summed E-state index contributed by atoms with van der Waals surface area (Å²) >= 11 is 0. The zero-order valence-electron chi connectivity index (χ0n) is 15.4. The van der Waals surface area contributed by atoms with Gasteiger partial charge in [-0.05, 0) is 42.8 Å². The molecule has 0 radical (unpaired) electrons. The van der Waals surface area contributed by atoms with Crippen LogP contribution in [-0.2, 0) is 0 Å². The van der Waals surface area contributed by atoms with Crippen LogP contribution < -0.4 is 14.8 Å². The summed E-state index contributed by atoms with van der Waals surface area (Å²) in [7, 11) is 1.57. The first kappa shape index (κ1) is 18.5. The summed E-state index contributed by atoms with van der Waals surface area (Å²) in [6.45, 7) is 2.38. The van der Waals surface area contributed by atoms with E-state index in [2.05, 4.69) is 10.3 Å². The Hall–Kier alpha value is -3.34. The molecule has 1 N–H and O–H groups in total. The summed E-state index contributed by atoms with van der Waals surface area (Å²) in [5.74, 6) is 0.928. The van der Waals surface area contributed by atoms with Crippen LogP contribution in [0.15, 0.2) is 72.9 Å². The van der Waals surface area contributed by atoms with Crippen molar-refractivity contribution in [2.75, 3.05) is 13.7 Å². The van der Waals surface area contributed by atoms with Crippen molar-refractivity contribution >= 4 is 5.91 Å². The highest BCUT2D eigenvalue weighted by Crippen LogP contribution is 2.28. The molecule has 1 unspecified atom stereocenters. The molecule has 0 bridgehead atoms. The van der Waals surface area contributed by atoms with Crippen molar-refractivity contribution in [1.82, 2.24) is 10.3 Å². The molecule has 2 aromatic carbocycles. The number of methoxy groups -OCH3 is 1. The van der Waals surface area contributed by atoms with Gasteiger partial charge in [-0.1, -0.05) is 36.4 Å². The first-order chi connectivity index (χ1) is 13.2. The van der Waals surface area contributed by atoms with Crippen LogP contribution in [0.1, 0.15) is 34.6 Å². The van der Waals surface area contributed by atoms with E-state index in [4.69, 9.17) is 9.47 Å². The number of nitrogens with zero attached hydrogens (tertiary/aromatic N) is 1. The molecular weight excluding hydrogens is 340 g/mol. The summed E-state index contributed by atoms with van der Waals surface area (Å²) in [5.41, 5.74) is 2.23. The zero-order valence-corrected chi connectivity index (χ0v) is 15.4. The number of aromatic nitrogens is 1. The van der Waals surface area contributed by atoms with Gasteiger partial charge in [-0.3, -0.25) is 9.78 Å².